The summed E-state index contributed by atoms with van der Waals surface area (Å²) in [4.78, 5) is 11.6. The van der Waals surface area contributed by atoms with Gasteiger partial charge >= 0.3 is 0 Å². The second-order valence-electron chi connectivity index (χ2n) is 4.95. The van der Waals surface area contributed by atoms with Gasteiger partial charge in [0.25, 0.3) is 0 Å². The summed E-state index contributed by atoms with van der Waals surface area (Å²) in [7, 11) is 0. The first-order valence-corrected chi connectivity index (χ1v) is 6.81. The lowest BCUT2D eigenvalue weighted by Gasteiger charge is -2.23. The largest absolute Gasteiger partial charge is 0.370 e. The second kappa shape index (κ2) is 8.48. The van der Waals surface area contributed by atoms with Gasteiger partial charge in [0.1, 0.15) is 6.61 Å². The van der Waals surface area contributed by atoms with E-state index in [1.807, 2.05) is 0 Å². The standard InChI is InChI=1S/C13H26N2O2/c1-11(12-6-4-2-3-5-7-12)15-13(16)10-17-9-8-14/h11-12H,2-10,14H2,1H3,(H,15,16)/t11-/m0/s1. The maximum absolute atomic E-state index is 11.6. The Morgan fingerprint density at radius 2 is 2.00 bits per heavy atom. The molecule has 0 saturated heterocycles. The van der Waals surface area contributed by atoms with Gasteiger partial charge in [-0.3, -0.25) is 4.79 Å². The molecule has 1 atom stereocenters. The predicted molar refractivity (Wildman–Crippen MR) is 68.7 cm³/mol. The van der Waals surface area contributed by atoms with E-state index in [1.165, 1.54) is 38.5 Å². The highest BCUT2D eigenvalue weighted by atomic mass is 16.5. The predicted octanol–water partition coefficient (Wildman–Crippen LogP) is 1.44. The molecule has 1 aliphatic carbocycles. The molecule has 4 heteroatoms. The van der Waals surface area contributed by atoms with Crippen LogP contribution in [0.4, 0.5) is 0 Å². The summed E-state index contributed by atoms with van der Waals surface area (Å²) in [5.74, 6) is 0.617. The van der Waals surface area contributed by atoms with Crippen LogP contribution < -0.4 is 11.1 Å². The van der Waals surface area contributed by atoms with Crippen LogP contribution in [0.15, 0.2) is 0 Å². The Morgan fingerprint density at radius 1 is 1.35 bits per heavy atom. The molecule has 4 nitrogen and oxygen atoms in total. The van der Waals surface area contributed by atoms with E-state index >= 15 is 0 Å². The molecule has 100 valence electrons. The first kappa shape index (κ1) is 14.5. The molecule has 0 bridgehead atoms. The van der Waals surface area contributed by atoms with Crippen molar-refractivity contribution < 1.29 is 9.53 Å². The molecule has 0 unspecified atom stereocenters. The smallest absolute Gasteiger partial charge is 0.246 e. The maximum atomic E-state index is 11.6. The average molecular weight is 242 g/mol. The van der Waals surface area contributed by atoms with E-state index in [-0.39, 0.29) is 18.6 Å². The zero-order valence-corrected chi connectivity index (χ0v) is 10.9. The van der Waals surface area contributed by atoms with Gasteiger partial charge in [-0.25, -0.2) is 0 Å². The molecule has 0 aromatic rings. The lowest BCUT2D eigenvalue weighted by Crippen LogP contribution is -2.40. The first-order chi connectivity index (χ1) is 8.24. The molecule has 0 aromatic heterocycles. The van der Waals surface area contributed by atoms with Crippen LogP contribution in [-0.2, 0) is 9.53 Å². The number of carbonyl (C=O) groups is 1. The van der Waals surface area contributed by atoms with Crippen molar-refractivity contribution in [3.05, 3.63) is 0 Å². The highest BCUT2D eigenvalue weighted by molar-refractivity contribution is 5.77. The van der Waals surface area contributed by atoms with Gasteiger partial charge in [0.2, 0.25) is 5.91 Å². The van der Waals surface area contributed by atoms with Gasteiger partial charge in [-0.15, -0.1) is 0 Å². The van der Waals surface area contributed by atoms with E-state index in [0.29, 0.717) is 19.1 Å². The molecule has 0 radical (unpaired) electrons. The van der Waals surface area contributed by atoms with Crippen molar-refractivity contribution in [1.82, 2.24) is 5.32 Å². The lowest BCUT2D eigenvalue weighted by atomic mass is 9.93. The monoisotopic (exact) mass is 242 g/mol. The van der Waals surface area contributed by atoms with E-state index in [9.17, 15) is 4.79 Å². The fourth-order valence-corrected chi connectivity index (χ4v) is 2.47. The molecule has 1 amide bonds. The van der Waals surface area contributed by atoms with Crippen LogP contribution in [0.2, 0.25) is 0 Å². The zero-order valence-electron chi connectivity index (χ0n) is 10.9. The molecule has 1 rings (SSSR count). The molecule has 1 fully saturated rings. The zero-order chi connectivity index (χ0) is 12.5. The molecule has 17 heavy (non-hydrogen) atoms. The summed E-state index contributed by atoms with van der Waals surface area (Å²) in [5, 5.41) is 3.03. The van der Waals surface area contributed by atoms with Crippen LogP contribution in [0.25, 0.3) is 0 Å². The quantitative estimate of drug-likeness (QED) is 0.547. The third kappa shape index (κ3) is 6.03. The van der Waals surface area contributed by atoms with E-state index in [4.69, 9.17) is 10.5 Å². The number of hydrogen-bond acceptors (Lipinski definition) is 3. The number of rotatable bonds is 6. The van der Waals surface area contributed by atoms with Crippen molar-refractivity contribution in [1.29, 1.82) is 0 Å². The maximum Gasteiger partial charge on any atom is 0.246 e. The Kier molecular flexibility index (Phi) is 7.21. The van der Waals surface area contributed by atoms with Crippen molar-refractivity contribution >= 4 is 5.91 Å². The molecule has 0 spiro atoms. The van der Waals surface area contributed by atoms with Gasteiger partial charge < -0.3 is 15.8 Å². The molecular formula is C13H26N2O2. The number of ether oxygens (including phenoxy) is 1. The minimum absolute atomic E-state index is 0.0183. The van der Waals surface area contributed by atoms with Gasteiger partial charge in [-0.05, 0) is 25.7 Å². The average Bonchev–Trinajstić information content (AvgIpc) is 2.57. The number of nitrogens with two attached hydrogens (primary N) is 1. The third-order valence-electron chi connectivity index (χ3n) is 3.49. The second-order valence-corrected chi connectivity index (χ2v) is 4.95. The fourth-order valence-electron chi connectivity index (χ4n) is 2.47. The fraction of sp³-hybridized carbons (Fsp3) is 0.923. The Hall–Kier alpha value is -0.610. The van der Waals surface area contributed by atoms with Crippen molar-refractivity contribution in [3.63, 3.8) is 0 Å². The van der Waals surface area contributed by atoms with Crippen molar-refractivity contribution in [2.24, 2.45) is 11.7 Å². The molecule has 0 aromatic carbocycles. The number of amides is 1. The van der Waals surface area contributed by atoms with E-state index in [1.54, 1.807) is 0 Å². The summed E-state index contributed by atoms with van der Waals surface area (Å²) < 4.78 is 5.12. The van der Waals surface area contributed by atoms with Crippen LogP contribution in [0.5, 0.6) is 0 Å². The third-order valence-corrected chi connectivity index (χ3v) is 3.49. The number of hydrogen-bond donors (Lipinski definition) is 2. The number of nitrogens with one attached hydrogen (secondary N) is 1. The SMILES string of the molecule is C[C@H](NC(=O)COCCN)C1CCCCCC1. The topological polar surface area (TPSA) is 64.3 Å². The first-order valence-electron chi connectivity index (χ1n) is 6.81. The van der Waals surface area contributed by atoms with Crippen LogP contribution >= 0.6 is 0 Å². The van der Waals surface area contributed by atoms with Crippen LogP contribution in [0, 0.1) is 5.92 Å². The van der Waals surface area contributed by atoms with Crippen LogP contribution in [0.1, 0.15) is 45.4 Å². The Balaban J connectivity index is 2.21. The Labute approximate surface area is 104 Å². The highest BCUT2D eigenvalue weighted by Gasteiger charge is 2.20. The van der Waals surface area contributed by atoms with Crippen molar-refractivity contribution in [3.8, 4) is 0 Å². The normalized spacial score (nSPS) is 19.6. The van der Waals surface area contributed by atoms with Crippen molar-refractivity contribution in [2.45, 2.75) is 51.5 Å². The van der Waals surface area contributed by atoms with Gasteiger partial charge in [0.05, 0.1) is 6.61 Å². The molecule has 0 aliphatic heterocycles. The summed E-state index contributed by atoms with van der Waals surface area (Å²) in [6.45, 7) is 3.15. The number of carbonyl (C=O) groups excluding carboxylic acids is 1. The molecule has 0 heterocycles. The Morgan fingerprint density at radius 3 is 2.59 bits per heavy atom. The van der Waals surface area contributed by atoms with E-state index in [0.717, 1.165) is 0 Å². The molecule has 3 N–H and O–H groups in total. The van der Waals surface area contributed by atoms with Crippen molar-refractivity contribution in [2.75, 3.05) is 19.8 Å². The minimum atomic E-state index is -0.0183. The van der Waals surface area contributed by atoms with Gasteiger partial charge in [-0.1, -0.05) is 25.7 Å². The van der Waals surface area contributed by atoms with E-state index in [2.05, 4.69) is 12.2 Å². The van der Waals surface area contributed by atoms with E-state index < -0.39 is 0 Å². The van der Waals surface area contributed by atoms with Crippen LogP contribution in [-0.4, -0.2) is 31.7 Å². The summed E-state index contributed by atoms with van der Waals surface area (Å²) in [6.07, 6.45) is 7.77. The summed E-state index contributed by atoms with van der Waals surface area (Å²) in [5.41, 5.74) is 5.29. The molecular weight excluding hydrogens is 216 g/mol. The summed E-state index contributed by atoms with van der Waals surface area (Å²) in [6, 6.07) is 0.266. The van der Waals surface area contributed by atoms with Crippen LogP contribution in [0.3, 0.4) is 0 Å². The van der Waals surface area contributed by atoms with Gasteiger partial charge in [-0.2, -0.15) is 0 Å². The van der Waals surface area contributed by atoms with Gasteiger partial charge in [0.15, 0.2) is 0 Å². The summed E-state index contributed by atoms with van der Waals surface area (Å²) >= 11 is 0. The van der Waals surface area contributed by atoms with Gasteiger partial charge in [0, 0.05) is 12.6 Å². The molecule has 1 saturated carbocycles. The minimum Gasteiger partial charge on any atom is -0.370 e. The Bertz CT molecular complexity index is 213. The molecule has 1 aliphatic rings. The highest BCUT2D eigenvalue weighted by Crippen LogP contribution is 2.25. The lowest BCUT2D eigenvalue weighted by molar-refractivity contribution is -0.126.